The monoisotopic (exact) mass is 528 g/mol. The van der Waals surface area contributed by atoms with Crippen molar-refractivity contribution in [3.05, 3.63) is 72.7 Å². The Morgan fingerprint density at radius 2 is 1.62 bits per heavy atom. The summed E-state index contributed by atoms with van der Waals surface area (Å²) in [5.41, 5.74) is 0.385. The molecule has 2 aromatic heterocycles. The lowest BCUT2D eigenvalue weighted by atomic mass is 10.2. The number of rotatable bonds is 8. The van der Waals surface area contributed by atoms with E-state index in [2.05, 4.69) is 44.3 Å². The number of carbonyl (C=O) groups is 1. The van der Waals surface area contributed by atoms with Crippen LogP contribution in [0.15, 0.2) is 67.1 Å². The van der Waals surface area contributed by atoms with Gasteiger partial charge in [0, 0.05) is 25.0 Å². The molecule has 0 aliphatic rings. The van der Waals surface area contributed by atoms with Gasteiger partial charge in [-0.25, -0.2) is 19.7 Å². The second kappa shape index (κ2) is 11.2. The first-order valence-electron chi connectivity index (χ1n) is 11.3. The van der Waals surface area contributed by atoms with Crippen LogP contribution >= 0.6 is 11.3 Å². The molecule has 0 spiro atoms. The van der Waals surface area contributed by atoms with E-state index in [1.807, 2.05) is 18.3 Å². The van der Waals surface area contributed by atoms with Gasteiger partial charge in [-0.2, -0.15) is 13.2 Å². The van der Waals surface area contributed by atoms with Gasteiger partial charge in [-0.3, -0.25) is 0 Å². The summed E-state index contributed by atoms with van der Waals surface area (Å²) in [5.74, 6) is 0.528. The molecule has 0 saturated heterocycles. The number of hydrogen-bond acceptors (Lipinski definition) is 7. The van der Waals surface area contributed by atoms with Crippen LogP contribution in [0.1, 0.15) is 19.4 Å². The number of nitrogens with zero attached hydrogens (tertiary/aromatic N) is 4. The van der Waals surface area contributed by atoms with E-state index >= 15 is 0 Å². The third kappa shape index (κ3) is 6.73. The molecule has 4 rings (SSSR count). The SMILES string of the molecule is CCN(CC)c1ncc(-c2ccc(Oc3ncc(NC(=O)Nc4cccc(C(F)(F)F)c4)cn3)cc2)s1. The number of anilines is 3. The fraction of sp³-hybridized carbons (Fsp3) is 0.200. The van der Waals surface area contributed by atoms with E-state index < -0.39 is 17.8 Å². The van der Waals surface area contributed by atoms with Crippen molar-refractivity contribution in [1.82, 2.24) is 15.0 Å². The Hall–Kier alpha value is -4.19. The van der Waals surface area contributed by atoms with Crippen LogP contribution in [0.25, 0.3) is 10.4 Å². The molecule has 0 aliphatic heterocycles. The maximum absolute atomic E-state index is 12.8. The van der Waals surface area contributed by atoms with Crippen LogP contribution in [0.5, 0.6) is 11.8 Å². The predicted molar refractivity (Wildman–Crippen MR) is 137 cm³/mol. The molecule has 0 atom stereocenters. The summed E-state index contributed by atoms with van der Waals surface area (Å²) in [6.07, 6.45) is 0.00323. The summed E-state index contributed by atoms with van der Waals surface area (Å²) < 4.78 is 44.2. The van der Waals surface area contributed by atoms with E-state index in [9.17, 15) is 18.0 Å². The van der Waals surface area contributed by atoms with Gasteiger partial charge in [0.05, 0.1) is 28.5 Å². The highest BCUT2D eigenvalue weighted by molar-refractivity contribution is 7.18. The van der Waals surface area contributed by atoms with Crippen LogP contribution in [-0.4, -0.2) is 34.1 Å². The lowest BCUT2D eigenvalue weighted by Crippen LogP contribution is -2.21. The second-order valence-electron chi connectivity index (χ2n) is 7.72. The molecule has 4 aromatic rings. The van der Waals surface area contributed by atoms with Gasteiger partial charge in [-0.15, -0.1) is 0 Å². The summed E-state index contributed by atoms with van der Waals surface area (Å²) in [6.45, 7) is 5.98. The Balaban J connectivity index is 1.33. The van der Waals surface area contributed by atoms with Gasteiger partial charge in [0.2, 0.25) is 0 Å². The molecule has 8 nitrogen and oxygen atoms in total. The number of halogens is 3. The number of nitrogens with one attached hydrogen (secondary N) is 2. The molecule has 2 aromatic carbocycles. The summed E-state index contributed by atoms with van der Waals surface area (Å²) in [7, 11) is 0. The van der Waals surface area contributed by atoms with Crippen LogP contribution in [-0.2, 0) is 6.18 Å². The van der Waals surface area contributed by atoms with E-state index in [-0.39, 0.29) is 17.4 Å². The van der Waals surface area contributed by atoms with Gasteiger partial charge >= 0.3 is 18.2 Å². The van der Waals surface area contributed by atoms with E-state index in [0.29, 0.717) is 5.75 Å². The summed E-state index contributed by atoms with van der Waals surface area (Å²) in [4.78, 5) is 28.0. The standard InChI is InChI=1S/C25H23F3N6O2S/c1-3-34(4-2)24-31-15-21(37-24)16-8-10-20(11-9-16)36-23-29-13-19(14-30-23)33-22(35)32-18-7-5-6-17(12-18)25(26,27)28/h5-15H,3-4H2,1-2H3,(H2,32,33,35). The van der Waals surface area contributed by atoms with Gasteiger partial charge in [0.15, 0.2) is 5.13 Å². The van der Waals surface area contributed by atoms with Gasteiger partial charge < -0.3 is 20.3 Å². The highest BCUT2D eigenvalue weighted by Crippen LogP contribution is 2.33. The Kier molecular flexibility index (Phi) is 7.87. The number of thiazole rings is 1. The average Bonchev–Trinajstić information content (AvgIpc) is 3.36. The van der Waals surface area contributed by atoms with Crippen molar-refractivity contribution in [3.8, 4) is 22.2 Å². The fourth-order valence-corrected chi connectivity index (χ4v) is 4.38. The highest BCUT2D eigenvalue weighted by Gasteiger charge is 2.30. The largest absolute Gasteiger partial charge is 0.424 e. The Morgan fingerprint density at radius 3 is 2.27 bits per heavy atom. The molecular weight excluding hydrogens is 505 g/mol. The molecule has 2 N–H and O–H groups in total. The van der Waals surface area contributed by atoms with Crippen LogP contribution in [0.2, 0.25) is 0 Å². The van der Waals surface area contributed by atoms with Crippen molar-refractivity contribution in [2.24, 2.45) is 0 Å². The normalized spacial score (nSPS) is 11.2. The first kappa shape index (κ1) is 25.9. The number of ether oxygens (including phenoxy) is 1. The molecule has 0 bridgehead atoms. The third-order valence-corrected chi connectivity index (χ3v) is 6.32. The van der Waals surface area contributed by atoms with Crippen LogP contribution in [0, 0.1) is 0 Å². The molecule has 2 heterocycles. The van der Waals surface area contributed by atoms with Gasteiger partial charge in [-0.05, 0) is 61.9 Å². The van der Waals surface area contributed by atoms with Gasteiger partial charge in [0.25, 0.3) is 0 Å². The molecule has 2 amide bonds. The smallest absolute Gasteiger partial charge is 0.416 e. The van der Waals surface area contributed by atoms with Gasteiger partial charge in [0.1, 0.15) is 5.75 Å². The van der Waals surface area contributed by atoms with E-state index in [1.54, 1.807) is 23.5 Å². The zero-order chi connectivity index (χ0) is 26.4. The highest BCUT2D eigenvalue weighted by atomic mass is 32.1. The van der Waals surface area contributed by atoms with Crippen molar-refractivity contribution in [1.29, 1.82) is 0 Å². The molecule has 0 unspecified atom stereocenters. The second-order valence-corrected chi connectivity index (χ2v) is 8.73. The van der Waals surface area contributed by atoms with E-state index in [0.717, 1.165) is 40.8 Å². The Morgan fingerprint density at radius 1 is 0.946 bits per heavy atom. The summed E-state index contributed by atoms with van der Waals surface area (Å²) in [5, 5.41) is 5.79. The minimum Gasteiger partial charge on any atom is -0.424 e. The Bertz CT molecular complexity index is 1340. The maximum atomic E-state index is 12.8. The van der Waals surface area contributed by atoms with Crippen molar-refractivity contribution < 1.29 is 22.7 Å². The quantitative estimate of drug-likeness (QED) is 0.258. The molecule has 12 heteroatoms. The predicted octanol–water partition coefficient (Wildman–Crippen LogP) is 6.90. The number of benzene rings is 2. The molecule has 0 fully saturated rings. The fourth-order valence-electron chi connectivity index (χ4n) is 3.33. The summed E-state index contributed by atoms with van der Waals surface area (Å²) in [6, 6.07) is 11.1. The topological polar surface area (TPSA) is 92.3 Å². The average molecular weight is 529 g/mol. The van der Waals surface area contributed by atoms with Crippen molar-refractivity contribution in [2.45, 2.75) is 20.0 Å². The summed E-state index contributed by atoms with van der Waals surface area (Å²) >= 11 is 1.62. The van der Waals surface area contributed by atoms with Crippen molar-refractivity contribution in [3.63, 3.8) is 0 Å². The number of urea groups is 1. The maximum Gasteiger partial charge on any atom is 0.416 e. The zero-order valence-electron chi connectivity index (χ0n) is 19.9. The number of aromatic nitrogens is 3. The van der Waals surface area contributed by atoms with E-state index in [1.165, 1.54) is 24.5 Å². The van der Waals surface area contributed by atoms with Crippen LogP contribution < -0.4 is 20.3 Å². The first-order chi connectivity index (χ1) is 17.7. The number of hydrogen-bond donors (Lipinski definition) is 2. The molecular formula is C25H23F3N6O2S. The zero-order valence-corrected chi connectivity index (χ0v) is 20.7. The lowest BCUT2D eigenvalue weighted by molar-refractivity contribution is -0.137. The third-order valence-electron chi connectivity index (χ3n) is 5.21. The van der Waals surface area contributed by atoms with Crippen LogP contribution in [0.4, 0.5) is 34.5 Å². The van der Waals surface area contributed by atoms with Crippen molar-refractivity contribution in [2.75, 3.05) is 28.6 Å². The minimum atomic E-state index is -4.51. The minimum absolute atomic E-state index is 0.000694. The number of amides is 2. The number of carbonyl (C=O) groups excluding carboxylic acids is 1. The number of alkyl halides is 3. The molecule has 0 radical (unpaired) electrons. The molecule has 0 aliphatic carbocycles. The van der Waals surface area contributed by atoms with E-state index in [4.69, 9.17) is 4.74 Å². The lowest BCUT2D eigenvalue weighted by Gasteiger charge is -2.16. The Labute approximate surface area is 215 Å². The molecule has 37 heavy (non-hydrogen) atoms. The molecule has 192 valence electrons. The molecule has 0 saturated carbocycles. The van der Waals surface area contributed by atoms with Crippen molar-refractivity contribution >= 4 is 33.9 Å². The van der Waals surface area contributed by atoms with Crippen LogP contribution in [0.3, 0.4) is 0 Å². The van der Waals surface area contributed by atoms with Gasteiger partial charge in [-0.1, -0.05) is 17.4 Å². The first-order valence-corrected chi connectivity index (χ1v) is 12.1.